The van der Waals surface area contributed by atoms with Gasteiger partial charge >= 0.3 is 0 Å². The van der Waals surface area contributed by atoms with Crippen molar-refractivity contribution in [3.8, 4) is 0 Å². The molecule has 0 bridgehead atoms. The summed E-state index contributed by atoms with van der Waals surface area (Å²) in [6.45, 7) is 0.548. The maximum Gasteiger partial charge on any atom is 0.261 e. The van der Waals surface area contributed by atoms with Gasteiger partial charge in [0.1, 0.15) is 5.82 Å². The second-order valence-corrected chi connectivity index (χ2v) is 4.81. The lowest BCUT2D eigenvalue weighted by molar-refractivity contribution is 0.620. The molecule has 0 amide bonds. The Balaban J connectivity index is 2.08. The fourth-order valence-electron chi connectivity index (χ4n) is 2.34. The number of nitrogens with two attached hydrogens (primary N) is 1. The molecule has 2 aromatic carbocycles. The predicted octanol–water partition coefficient (Wildman–Crippen LogP) is 2.04. The van der Waals surface area contributed by atoms with Gasteiger partial charge in [0, 0.05) is 6.54 Å². The van der Waals surface area contributed by atoms with E-state index >= 15 is 0 Å². The summed E-state index contributed by atoms with van der Waals surface area (Å²) in [5.41, 5.74) is 7.67. The Morgan fingerprint density at radius 2 is 1.95 bits per heavy atom. The van der Waals surface area contributed by atoms with Gasteiger partial charge in [0.2, 0.25) is 0 Å². The van der Waals surface area contributed by atoms with E-state index in [1.807, 2.05) is 6.07 Å². The van der Waals surface area contributed by atoms with Crippen molar-refractivity contribution in [3.05, 3.63) is 76.1 Å². The molecule has 0 atom stereocenters. The Bertz CT molecular complexity index is 858. The Morgan fingerprint density at radius 1 is 1.14 bits per heavy atom. The van der Waals surface area contributed by atoms with Crippen LogP contribution in [-0.2, 0) is 13.1 Å². The third-order valence-electron chi connectivity index (χ3n) is 3.46. The normalized spacial score (nSPS) is 11.0. The van der Waals surface area contributed by atoms with Gasteiger partial charge in [0.15, 0.2) is 0 Å². The highest BCUT2D eigenvalue weighted by molar-refractivity contribution is 5.76. The number of nitrogens with zero attached hydrogens (tertiary/aromatic N) is 2. The Labute approximate surface area is 120 Å². The van der Waals surface area contributed by atoms with Crippen LogP contribution in [0.15, 0.2) is 53.6 Å². The lowest BCUT2D eigenvalue weighted by atomic mass is 10.1. The first-order valence-corrected chi connectivity index (χ1v) is 6.60. The molecular weight excluding hydrogens is 269 g/mol. The monoisotopic (exact) mass is 283 g/mol. The lowest BCUT2D eigenvalue weighted by Gasteiger charge is -2.10. The molecule has 1 aromatic heterocycles. The average Bonchev–Trinajstić information content (AvgIpc) is 2.51. The van der Waals surface area contributed by atoms with Gasteiger partial charge in [-0.05, 0) is 35.4 Å². The highest BCUT2D eigenvalue weighted by Crippen LogP contribution is 2.13. The highest BCUT2D eigenvalue weighted by atomic mass is 19.1. The van der Waals surface area contributed by atoms with Crippen LogP contribution in [0, 0.1) is 5.82 Å². The zero-order chi connectivity index (χ0) is 14.8. The maximum atomic E-state index is 13.4. The van der Waals surface area contributed by atoms with Crippen molar-refractivity contribution in [2.75, 3.05) is 0 Å². The van der Waals surface area contributed by atoms with E-state index in [9.17, 15) is 9.18 Å². The molecule has 0 aliphatic heterocycles. The molecule has 1 heterocycles. The molecule has 0 unspecified atom stereocenters. The van der Waals surface area contributed by atoms with Crippen LogP contribution in [0.25, 0.3) is 10.9 Å². The standard InChI is InChI=1S/C16H14FN3O/c17-13-6-5-11(8-18)12(7-13)9-20-10-19-15-4-2-1-3-14(15)16(20)21/h1-7,10H,8-9,18H2. The third kappa shape index (κ3) is 2.55. The summed E-state index contributed by atoms with van der Waals surface area (Å²) in [6.07, 6.45) is 1.48. The SMILES string of the molecule is NCc1ccc(F)cc1Cn1cnc2ccccc2c1=O. The Kier molecular flexibility index (Phi) is 3.50. The molecule has 0 spiro atoms. The van der Waals surface area contributed by atoms with Gasteiger partial charge in [0.25, 0.3) is 5.56 Å². The summed E-state index contributed by atoms with van der Waals surface area (Å²) < 4.78 is 14.9. The van der Waals surface area contributed by atoms with Crippen LogP contribution in [0.4, 0.5) is 4.39 Å². The zero-order valence-corrected chi connectivity index (χ0v) is 11.3. The molecule has 5 heteroatoms. The number of fused-ring (bicyclic) bond motifs is 1. The van der Waals surface area contributed by atoms with Gasteiger partial charge in [-0.15, -0.1) is 0 Å². The van der Waals surface area contributed by atoms with E-state index in [4.69, 9.17) is 5.73 Å². The topological polar surface area (TPSA) is 60.9 Å². The van der Waals surface area contributed by atoms with E-state index in [0.29, 0.717) is 23.0 Å². The van der Waals surface area contributed by atoms with Crippen molar-refractivity contribution in [1.29, 1.82) is 0 Å². The van der Waals surface area contributed by atoms with E-state index in [2.05, 4.69) is 4.98 Å². The fraction of sp³-hybridized carbons (Fsp3) is 0.125. The van der Waals surface area contributed by atoms with Crippen LogP contribution >= 0.6 is 0 Å². The summed E-state index contributed by atoms with van der Waals surface area (Å²) in [4.78, 5) is 16.7. The summed E-state index contributed by atoms with van der Waals surface area (Å²) in [6, 6.07) is 11.6. The van der Waals surface area contributed by atoms with Crippen molar-refractivity contribution in [3.63, 3.8) is 0 Å². The van der Waals surface area contributed by atoms with E-state index in [1.165, 1.54) is 23.0 Å². The second kappa shape index (κ2) is 5.46. The highest BCUT2D eigenvalue weighted by Gasteiger charge is 2.07. The Morgan fingerprint density at radius 3 is 2.76 bits per heavy atom. The second-order valence-electron chi connectivity index (χ2n) is 4.81. The number of aromatic nitrogens is 2. The molecule has 0 saturated carbocycles. The van der Waals surface area contributed by atoms with E-state index in [-0.39, 0.29) is 17.9 Å². The van der Waals surface area contributed by atoms with Crippen LogP contribution in [0.2, 0.25) is 0 Å². The molecule has 2 N–H and O–H groups in total. The number of hydrogen-bond donors (Lipinski definition) is 1. The van der Waals surface area contributed by atoms with Crippen LogP contribution in [0.1, 0.15) is 11.1 Å². The van der Waals surface area contributed by atoms with Gasteiger partial charge in [0.05, 0.1) is 23.8 Å². The van der Waals surface area contributed by atoms with Crippen LogP contribution in [-0.4, -0.2) is 9.55 Å². The van der Waals surface area contributed by atoms with Gasteiger partial charge in [-0.25, -0.2) is 9.37 Å². The first-order valence-electron chi connectivity index (χ1n) is 6.60. The predicted molar refractivity (Wildman–Crippen MR) is 79.4 cm³/mol. The summed E-state index contributed by atoms with van der Waals surface area (Å²) >= 11 is 0. The van der Waals surface area contributed by atoms with Crippen LogP contribution < -0.4 is 11.3 Å². The van der Waals surface area contributed by atoms with Gasteiger partial charge in [-0.1, -0.05) is 18.2 Å². The van der Waals surface area contributed by atoms with Crippen LogP contribution in [0.3, 0.4) is 0 Å². The van der Waals surface area contributed by atoms with Crippen LogP contribution in [0.5, 0.6) is 0 Å². The van der Waals surface area contributed by atoms with Gasteiger partial charge in [-0.3, -0.25) is 9.36 Å². The Hall–Kier alpha value is -2.53. The van der Waals surface area contributed by atoms with Crippen molar-refractivity contribution < 1.29 is 4.39 Å². The third-order valence-corrected chi connectivity index (χ3v) is 3.46. The number of para-hydroxylation sites is 1. The van der Waals surface area contributed by atoms with E-state index in [1.54, 1.807) is 24.3 Å². The molecule has 4 nitrogen and oxygen atoms in total. The first kappa shape index (κ1) is 13.5. The van der Waals surface area contributed by atoms with Crippen molar-refractivity contribution in [2.45, 2.75) is 13.1 Å². The molecular formula is C16H14FN3O. The molecule has 0 aliphatic carbocycles. The fourth-order valence-corrected chi connectivity index (χ4v) is 2.34. The number of hydrogen-bond acceptors (Lipinski definition) is 3. The van der Waals surface area contributed by atoms with E-state index < -0.39 is 0 Å². The summed E-state index contributed by atoms with van der Waals surface area (Å²) in [5, 5.41) is 0.547. The van der Waals surface area contributed by atoms with Gasteiger partial charge < -0.3 is 5.73 Å². The molecule has 3 rings (SSSR count). The van der Waals surface area contributed by atoms with Crippen molar-refractivity contribution in [2.24, 2.45) is 5.73 Å². The molecule has 3 aromatic rings. The minimum Gasteiger partial charge on any atom is -0.326 e. The van der Waals surface area contributed by atoms with Gasteiger partial charge in [-0.2, -0.15) is 0 Å². The van der Waals surface area contributed by atoms with Crippen molar-refractivity contribution >= 4 is 10.9 Å². The maximum absolute atomic E-state index is 13.4. The zero-order valence-electron chi connectivity index (χ0n) is 11.3. The number of rotatable bonds is 3. The molecule has 21 heavy (non-hydrogen) atoms. The summed E-state index contributed by atoms with van der Waals surface area (Å²) in [5.74, 6) is -0.344. The molecule has 0 radical (unpaired) electrons. The van der Waals surface area contributed by atoms with Crippen molar-refractivity contribution in [1.82, 2.24) is 9.55 Å². The molecule has 0 aliphatic rings. The van der Waals surface area contributed by atoms with E-state index in [0.717, 1.165) is 5.56 Å². The first-order chi connectivity index (χ1) is 10.2. The smallest absolute Gasteiger partial charge is 0.261 e. The minimum absolute atomic E-state index is 0.146. The summed E-state index contributed by atoms with van der Waals surface area (Å²) in [7, 11) is 0. The number of halogens is 1. The quantitative estimate of drug-likeness (QED) is 0.800. The average molecular weight is 283 g/mol. The molecule has 106 valence electrons. The minimum atomic E-state index is -0.344. The lowest BCUT2D eigenvalue weighted by Crippen LogP contribution is -2.22. The number of benzene rings is 2. The largest absolute Gasteiger partial charge is 0.326 e. The molecule has 0 saturated heterocycles. The molecule has 0 fully saturated rings.